The van der Waals surface area contributed by atoms with Gasteiger partial charge in [-0.15, -0.1) is 0 Å². The van der Waals surface area contributed by atoms with E-state index in [2.05, 4.69) is 33.1 Å². The van der Waals surface area contributed by atoms with Gasteiger partial charge in [0.1, 0.15) is 12.4 Å². The molecule has 1 amide bonds. The molecular weight excluding hydrogens is 539 g/mol. The maximum Gasteiger partial charge on any atom is 0.281 e. The highest BCUT2D eigenvalue weighted by molar-refractivity contribution is 14.1. The first-order valence-electron chi connectivity index (χ1n) is 10.7. The van der Waals surface area contributed by atoms with E-state index < -0.39 is 11.5 Å². The minimum atomic E-state index is -1.87. The van der Waals surface area contributed by atoms with Crippen molar-refractivity contribution in [1.82, 2.24) is 5.43 Å². The number of hydrogen-bond acceptors (Lipinski definition) is 4. The van der Waals surface area contributed by atoms with Crippen molar-refractivity contribution < 1.29 is 14.6 Å². The van der Waals surface area contributed by atoms with Crippen molar-refractivity contribution in [2.24, 2.45) is 5.10 Å². The Bertz CT molecular complexity index is 1200. The molecule has 2 N–H and O–H groups in total. The van der Waals surface area contributed by atoms with Crippen LogP contribution >= 0.6 is 22.6 Å². The van der Waals surface area contributed by atoms with Crippen LogP contribution in [0.25, 0.3) is 0 Å². The third kappa shape index (κ3) is 5.70. The predicted molar refractivity (Wildman–Crippen MR) is 142 cm³/mol. The number of hydrazone groups is 1. The first-order chi connectivity index (χ1) is 16.6. The fraction of sp³-hybridized carbons (Fsp3) is 0.0714. The number of aliphatic hydroxyl groups is 1. The van der Waals surface area contributed by atoms with Crippen molar-refractivity contribution in [1.29, 1.82) is 0 Å². The smallest absolute Gasteiger partial charge is 0.281 e. The van der Waals surface area contributed by atoms with Crippen molar-refractivity contribution in [3.8, 4) is 5.75 Å². The lowest BCUT2D eigenvalue weighted by Gasteiger charge is -2.27. The summed E-state index contributed by atoms with van der Waals surface area (Å²) in [5.74, 6) is 0.0980. The lowest BCUT2D eigenvalue weighted by Crippen LogP contribution is -2.43. The normalized spacial score (nSPS) is 11.4. The van der Waals surface area contributed by atoms with E-state index >= 15 is 0 Å². The number of carbonyl (C=O) groups excluding carboxylic acids is 1. The molecule has 0 aliphatic rings. The van der Waals surface area contributed by atoms with Gasteiger partial charge in [0, 0.05) is 3.57 Å². The Kier molecular flexibility index (Phi) is 7.72. The molecule has 0 saturated heterocycles. The Labute approximate surface area is 212 Å². The predicted octanol–water partition coefficient (Wildman–Crippen LogP) is 5.26. The number of nitrogens with one attached hydrogen (secondary N) is 1. The molecule has 0 heterocycles. The second-order valence-electron chi connectivity index (χ2n) is 7.63. The van der Waals surface area contributed by atoms with E-state index in [1.165, 1.54) is 9.78 Å². The van der Waals surface area contributed by atoms with Crippen LogP contribution in [0.4, 0.5) is 0 Å². The largest absolute Gasteiger partial charge is 0.489 e. The van der Waals surface area contributed by atoms with E-state index in [1.54, 1.807) is 48.5 Å². The molecule has 34 heavy (non-hydrogen) atoms. The third-order valence-corrected chi connectivity index (χ3v) is 6.01. The summed E-state index contributed by atoms with van der Waals surface area (Å²) < 4.78 is 7.01. The number of benzene rings is 4. The molecule has 5 nitrogen and oxygen atoms in total. The van der Waals surface area contributed by atoms with Gasteiger partial charge in [-0.3, -0.25) is 4.79 Å². The number of nitrogens with zero attached hydrogens (tertiary/aromatic N) is 1. The van der Waals surface area contributed by atoms with Crippen molar-refractivity contribution in [3.63, 3.8) is 0 Å². The van der Waals surface area contributed by atoms with Crippen LogP contribution in [0, 0.1) is 3.57 Å². The molecule has 0 aromatic heterocycles. The molecule has 0 aliphatic carbocycles. The fourth-order valence-corrected chi connectivity index (χ4v) is 3.79. The number of hydrogen-bond donors (Lipinski definition) is 2. The van der Waals surface area contributed by atoms with Crippen LogP contribution in [-0.2, 0) is 17.0 Å². The summed E-state index contributed by atoms with van der Waals surface area (Å²) >= 11 is 2.27. The number of ether oxygens (including phenoxy) is 1. The van der Waals surface area contributed by atoms with Crippen molar-refractivity contribution >= 4 is 34.7 Å². The molecule has 0 radical (unpaired) electrons. The van der Waals surface area contributed by atoms with Crippen LogP contribution in [-0.4, -0.2) is 17.2 Å². The van der Waals surface area contributed by atoms with Gasteiger partial charge in [0.25, 0.3) is 5.91 Å². The minimum Gasteiger partial charge on any atom is -0.489 e. The number of carbonyl (C=O) groups is 1. The summed E-state index contributed by atoms with van der Waals surface area (Å²) in [5.41, 5.74) is 3.42. The van der Waals surface area contributed by atoms with Crippen LogP contribution in [0.5, 0.6) is 5.75 Å². The van der Waals surface area contributed by atoms with E-state index in [9.17, 15) is 9.90 Å². The number of rotatable bonds is 8. The molecule has 4 aromatic rings. The highest BCUT2D eigenvalue weighted by Gasteiger charge is 2.39. The van der Waals surface area contributed by atoms with Gasteiger partial charge in [-0.05, 0) is 81.2 Å². The van der Waals surface area contributed by atoms with Gasteiger partial charge < -0.3 is 9.84 Å². The number of halogens is 1. The maximum absolute atomic E-state index is 13.1. The Hall–Kier alpha value is -3.49. The Balaban J connectivity index is 1.41. The molecule has 0 bridgehead atoms. The third-order valence-electron chi connectivity index (χ3n) is 5.29. The first kappa shape index (κ1) is 23.7. The zero-order chi connectivity index (χ0) is 23.8. The molecule has 0 spiro atoms. The summed E-state index contributed by atoms with van der Waals surface area (Å²) in [6.45, 7) is 0.484. The topological polar surface area (TPSA) is 70.9 Å². The molecule has 0 saturated carbocycles. The zero-order valence-electron chi connectivity index (χ0n) is 18.3. The molecule has 4 aromatic carbocycles. The van der Waals surface area contributed by atoms with E-state index in [0.29, 0.717) is 17.7 Å². The molecule has 4 rings (SSSR count). The summed E-state index contributed by atoms with van der Waals surface area (Å²) in [4.78, 5) is 13.1. The summed E-state index contributed by atoms with van der Waals surface area (Å²) in [5, 5.41) is 15.5. The quantitative estimate of drug-likeness (QED) is 0.175. The van der Waals surface area contributed by atoms with Crippen LogP contribution in [0.2, 0.25) is 0 Å². The SMILES string of the molecule is O=C(N/N=C/c1ccc(OCc2ccc(I)cc2)cc1)C(O)(c1ccccc1)c1ccccc1. The Morgan fingerprint density at radius 2 is 1.41 bits per heavy atom. The van der Waals surface area contributed by atoms with E-state index in [0.717, 1.165) is 16.9 Å². The first-order valence-corrected chi connectivity index (χ1v) is 11.8. The summed E-state index contributed by atoms with van der Waals surface area (Å²) in [6, 6.07) is 33.2. The average Bonchev–Trinajstić information content (AvgIpc) is 2.89. The van der Waals surface area contributed by atoms with Crippen molar-refractivity contribution in [2.75, 3.05) is 0 Å². The molecular formula is C28H23IN2O3. The monoisotopic (exact) mass is 562 g/mol. The minimum absolute atomic E-state index is 0.462. The second kappa shape index (κ2) is 11.1. The molecule has 0 atom stereocenters. The Morgan fingerprint density at radius 1 is 0.853 bits per heavy atom. The number of amides is 1. The lowest BCUT2D eigenvalue weighted by atomic mass is 9.85. The highest BCUT2D eigenvalue weighted by Crippen LogP contribution is 2.29. The molecule has 0 unspecified atom stereocenters. The molecule has 6 heteroatoms. The van der Waals surface area contributed by atoms with Gasteiger partial charge in [0.15, 0.2) is 5.60 Å². The van der Waals surface area contributed by atoms with Gasteiger partial charge in [0.2, 0.25) is 0 Å². The van der Waals surface area contributed by atoms with E-state index in [-0.39, 0.29) is 0 Å². The van der Waals surface area contributed by atoms with E-state index in [1.807, 2.05) is 60.7 Å². The van der Waals surface area contributed by atoms with Gasteiger partial charge in [-0.2, -0.15) is 5.10 Å². The molecule has 0 aliphatic heterocycles. The van der Waals surface area contributed by atoms with Crippen LogP contribution in [0.1, 0.15) is 22.3 Å². The Morgan fingerprint density at radius 3 is 1.97 bits per heavy atom. The van der Waals surface area contributed by atoms with Gasteiger partial charge in [-0.1, -0.05) is 72.8 Å². The standard InChI is InChI=1S/C28H23IN2O3/c29-25-15-11-22(12-16-25)20-34-26-17-13-21(14-18-26)19-30-31-27(32)28(33,23-7-3-1-4-8-23)24-9-5-2-6-10-24/h1-19,33H,20H2,(H,31,32)/b30-19+. The maximum atomic E-state index is 13.1. The van der Waals surface area contributed by atoms with Crippen molar-refractivity contribution in [3.05, 3.63) is 135 Å². The summed E-state index contributed by atoms with van der Waals surface area (Å²) in [7, 11) is 0. The van der Waals surface area contributed by atoms with Crippen molar-refractivity contribution in [2.45, 2.75) is 12.2 Å². The van der Waals surface area contributed by atoms with Crippen LogP contribution in [0.3, 0.4) is 0 Å². The molecule has 170 valence electrons. The zero-order valence-corrected chi connectivity index (χ0v) is 20.4. The lowest BCUT2D eigenvalue weighted by molar-refractivity contribution is -0.136. The molecule has 0 fully saturated rings. The fourth-order valence-electron chi connectivity index (χ4n) is 3.43. The average molecular weight is 562 g/mol. The van der Waals surface area contributed by atoms with Gasteiger partial charge >= 0.3 is 0 Å². The van der Waals surface area contributed by atoms with Gasteiger partial charge in [-0.25, -0.2) is 5.43 Å². The summed E-state index contributed by atoms with van der Waals surface area (Å²) in [6.07, 6.45) is 1.53. The van der Waals surface area contributed by atoms with Crippen LogP contribution < -0.4 is 10.2 Å². The van der Waals surface area contributed by atoms with E-state index in [4.69, 9.17) is 4.74 Å². The van der Waals surface area contributed by atoms with Gasteiger partial charge in [0.05, 0.1) is 6.21 Å². The van der Waals surface area contributed by atoms with Crippen LogP contribution in [0.15, 0.2) is 114 Å². The highest BCUT2D eigenvalue weighted by atomic mass is 127. The second-order valence-corrected chi connectivity index (χ2v) is 8.87.